The van der Waals surface area contributed by atoms with E-state index in [0.717, 1.165) is 21.2 Å². The third-order valence-corrected chi connectivity index (χ3v) is 5.20. The zero-order valence-corrected chi connectivity index (χ0v) is 13.7. The van der Waals surface area contributed by atoms with Crippen LogP contribution in [0.5, 0.6) is 0 Å². The number of imidazole rings is 1. The first kappa shape index (κ1) is 14.2. The van der Waals surface area contributed by atoms with Crippen molar-refractivity contribution in [3.05, 3.63) is 50.4 Å². The van der Waals surface area contributed by atoms with Gasteiger partial charge in [0.2, 0.25) is 0 Å². The number of alkyl halides is 1. The van der Waals surface area contributed by atoms with Crippen molar-refractivity contribution in [3.8, 4) is 0 Å². The third-order valence-electron chi connectivity index (χ3n) is 3.26. The maximum Gasteiger partial charge on any atom is 0.125 e. The summed E-state index contributed by atoms with van der Waals surface area (Å²) >= 11 is 19.9. The molecule has 0 saturated carbocycles. The van der Waals surface area contributed by atoms with Crippen molar-refractivity contribution in [2.24, 2.45) is 0 Å². The molecular formula is C14H11Cl3N2S. The van der Waals surface area contributed by atoms with Crippen molar-refractivity contribution in [1.29, 1.82) is 0 Å². The SMILES string of the molecule is CC(c1ccc(Cl)s1)n1c(CCl)nc2c(Cl)cccc21. The average Bonchev–Trinajstić information content (AvgIpc) is 3.02. The number of nitrogens with zero attached hydrogens (tertiary/aromatic N) is 2. The number of rotatable bonds is 3. The van der Waals surface area contributed by atoms with Gasteiger partial charge in [-0.05, 0) is 31.2 Å². The molecule has 2 nitrogen and oxygen atoms in total. The summed E-state index contributed by atoms with van der Waals surface area (Å²) < 4.78 is 2.90. The molecular weight excluding hydrogens is 335 g/mol. The summed E-state index contributed by atoms with van der Waals surface area (Å²) in [6, 6.07) is 9.83. The van der Waals surface area contributed by atoms with Crippen LogP contribution >= 0.6 is 46.1 Å². The molecule has 6 heteroatoms. The summed E-state index contributed by atoms with van der Waals surface area (Å²) in [5.74, 6) is 1.15. The Bertz CT molecular complexity index is 763. The van der Waals surface area contributed by atoms with Crippen molar-refractivity contribution in [2.75, 3.05) is 0 Å². The normalized spacial score (nSPS) is 13.0. The second-order valence-electron chi connectivity index (χ2n) is 4.46. The van der Waals surface area contributed by atoms with E-state index in [2.05, 4.69) is 16.5 Å². The van der Waals surface area contributed by atoms with Gasteiger partial charge in [0.15, 0.2) is 0 Å². The molecule has 3 aromatic rings. The number of halogens is 3. The van der Waals surface area contributed by atoms with Gasteiger partial charge in [-0.15, -0.1) is 22.9 Å². The molecule has 0 spiro atoms. The van der Waals surface area contributed by atoms with Crippen molar-refractivity contribution in [2.45, 2.75) is 18.8 Å². The van der Waals surface area contributed by atoms with Gasteiger partial charge in [0.1, 0.15) is 11.3 Å². The number of thiophene rings is 1. The number of fused-ring (bicyclic) bond motifs is 1. The van der Waals surface area contributed by atoms with E-state index in [0.29, 0.717) is 10.9 Å². The van der Waals surface area contributed by atoms with Gasteiger partial charge in [-0.3, -0.25) is 0 Å². The molecule has 0 N–H and O–H groups in total. The molecule has 104 valence electrons. The van der Waals surface area contributed by atoms with Crippen LogP contribution in [0, 0.1) is 0 Å². The lowest BCUT2D eigenvalue weighted by Crippen LogP contribution is -2.08. The van der Waals surface area contributed by atoms with E-state index in [1.807, 2.05) is 30.3 Å². The second-order valence-corrected chi connectivity index (χ2v) is 6.88. The first-order valence-electron chi connectivity index (χ1n) is 6.08. The van der Waals surface area contributed by atoms with Gasteiger partial charge in [-0.25, -0.2) is 4.98 Å². The highest BCUT2D eigenvalue weighted by Gasteiger charge is 2.19. The molecule has 1 aromatic carbocycles. The summed E-state index contributed by atoms with van der Waals surface area (Å²) in [7, 11) is 0. The summed E-state index contributed by atoms with van der Waals surface area (Å²) in [5, 5.41) is 0.643. The minimum atomic E-state index is 0.115. The zero-order chi connectivity index (χ0) is 14.3. The van der Waals surface area contributed by atoms with Crippen LogP contribution in [0.15, 0.2) is 30.3 Å². The standard InChI is InChI=1S/C14H11Cl3N2S/c1-8(11-5-6-12(17)20-11)19-10-4-2-3-9(16)14(10)18-13(19)7-15/h2-6,8H,7H2,1H3. The Balaban J connectivity index is 2.21. The van der Waals surface area contributed by atoms with Gasteiger partial charge in [-0.2, -0.15) is 0 Å². The lowest BCUT2D eigenvalue weighted by Gasteiger charge is -2.15. The van der Waals surface area contributed by atoms with Gasteiger partial charge >= 0.3 is 0 Å². The van der Waals surface area contributed by atoms with E-state index in [1.54, 1.807) is 11.3 Å². The number of para-hydroxylation sites is 1. The van der Waals surface area contributed by atoms with E-state index < -0.39 is 0 Å². The zero-order valence-electron chi connectivity index (χ0n) is 10.6. The van der Waals surface area contributed by atoms with Crippen molar-refractivity contribution < 1.29 is 0 Å². The largest absolute Gasteiger partial charge is 0.319 e. The van der Waals surface area contributed by atoms with Gasteiger partial charge in [0.25, 0.3) is 0 Å². The van der Waals surface area contributed by atoms with Crippen LogP contribution in [0.1, 0.15) is 23.7 Å². The average molecular weight is 346 g/mol. The molecule has 0 fully saturated rings. The third kappa shape index (κ3) is 2.33. The fraction of sp³-hybridized carbons (Fsp3) is 0.214. The minimum Gasteiger partial charge on any atom is -0.319 e. The Hall–Kier alpha value is -0.740. The Labute approximate surface area is 135 Å². The fourth-order valence-corrected chi connectivity index (χ4v) is 3.84. The van der Waals surface area contributed by atoms with Crippen LogP contribution in [0.4, 0.5) is 0 Å². The number of hydrogen-bond acceptors (Lipinski definition) is 2. The molecule has 2 aromatic heterocycles. The molecule has 1 unspecified atom stereocenters. The van der Waals surface area contributed by atoms with E-state index in [-0.39, 0.29) is 6.04 Å². The quantitative estimate of drug-likeness (QED) is 0.552. The predicted octanol–water partition coefficient (Wildman–Crippen LogP) is 5.75. The number of benzene rings is 1. The van der Waals surface area contributed by atoms with Crippen LogP contribution in [0.25, 0.3) is 11.0 Å². The first-order chi connectivity index (χ1) is 9.61. The molecule has 0 aliphatic heterocycles. The van der Waals surface area contributed by atoms with Crippen molar-refractivity contribution in [1.82, 2.24) is 9.55 Å². The summed E-state index contributed by atoms with van der Waals surface area (Å²) in [5.41, 5.74) is 1.78. The Morgan fingerprint density at radius 3 is 2.70 bits per heavy atom. The first-order valence-corrected chi connectivity index (χ1v) is 8.19. The summed E-state index contributed by atoms with van der Waals surface area (Å²) in [4.78, 5) is 5.72. The van der Waals surface area contributed by atoms with Crippen molar-refractivity contribution >= 4 is 57.2 Å². The van der Waals surface area contributed by atoms with Gasteiger partial charge in [-0.1, -0.05) is 29.3 Å². The highest BCUT2D eigenvalue weighted by atomic mass is 35.5. The minimum absolute atomic E-state index is 0.115. The van der Waals surface area contributed by atoms with Gasteiger partial charge in [0, 0.05) is 4.88 Å². The maximum atomic E-state index is 6.22. The monoisotopic (exact) mass is 344 g/mol. The second kappa shape index (κ2) is 5.57. The van der Waals surface area contributed by atoms with Crippen LogP contribution < -0.4 is 0 Å². The molecule has 0 radical (unpaired) electrons. The highest BCUT2D eigenvalue weighted by molar-refractivity contribution is 7.16. The van der Waals surface area contributed by atoms with Gasteiger partial charge < -0.3 is 4.57 Å². The van der Waals surface area contributed by atoms with Crippen LogP contribution in [-0.4, -0.2) is 9.55 Å². The molecule has 2 heterocycles. The maximum absolute atomic E-state index is 6.22. The van der Waals surface area contributed by atoms with E-state index in [9.17, 15) is 0 Å². The molecule has 0 amide bonds. The molecule has 20 heavy (non-hydrogen) atoms. The predicted molar refractivity (Wildman–Crippen MR) is 87.4 cm³/mol. The Morgan fingerprint density at radius 1 is 1.25 bits per heavy atom. The smallest absolute Gasteiger partial charge is 0.125 e. The fourth-order valence-electron chi connectivity index (χ4n) is 2.34. The van der Waals surface area contributed by atoms with Crippen LogP contribution in [0.3, 0.4) is 0 Å². The summed E-state index contributed by atoms with van der Waals surface area (Å²) in [6.45, 7) is 2.11. The molecule has 1 atom stereocenters. The lowest BCUT2D eigenvalue weighted by molar-refractivity contribution is 0.644. The van der Waals surface area contributed by atoms with Gasteiger partial charge in [0.05, 0.1) is 26.8 Å². The molecule has 3 rings (SSSR count). The molecule has 0 bridgehead atoms. The van der Waals surface area contributed by atoms with Crippen LogP contribution in [0.2, 0.25) is 9.36 Å². The molecule has 0 saturated heterocycles. The molecule has 0 aliphatic carbocycles. The summed E-state index contributed by atoms with van der Waals surface area (Å²) in [6.07, 6.45) is 0. The highest BCUT2D eigenvalue weighted by Crippen LogP contribution is 2.34. The Morgan fingerprint density at radius 2 is 2.05 bits per heavy atom. The van der Waals surface area contributed by atoms with E-state index in [4.69, 9.17) is 34.8 Å². The molecule has 0 aliphatic rings. The number of aromatic nitrogens is 2. The topological polar surface area (TPSA) is 17.8 Å². The van der Waals surface area contributed by atoms with E-state index in [1.165, 1.54) is 4.88 Å². The van der Waals surface area contributed by atoms with Crippen molar-refractivity contribution in [3.63, 3.8) is 0 Å². The van der Waals surface area contributed by atoms with Crippen LogP contribution in [-0.2, 0) is 5.88 Å². The lowest BCUT2D eigenvalue weighted by atomic mass is 10.2. The number of hydrogen-bond donors (Lipinski definition) is 0. The van der Waals surface area contributed by atoms with E-state index >= 15 is 0 Å². The Kier molecular flexibility index (Phi) is 3.95.